The molecule has 1 amide bonds. The van der Waals surface area contributed by atoms with Gasteiger partial charge in [-0.15, -0.1) is 0 Å². The highest BCUT2D eigenvalue weighted by atomic mass is 19.1. The van der Waals surface area contributed by atoms with E-state index in [1.807, 2.05) is 4.90 Å². The Morgan fingerprint density at radius 1 is 1.61 bits per heavy atom. The zero-order chi connectivity index (χ0) is 13.2. The lowest BCUT2D eigenvalue weighted by molar-refractivity contribution is -0.142. The summed E-state index contributed by atoms with van der Waals surface area (Å²) in [7, 11) is 0. The van der Waals surface area contributed by atoms with E-state index in [9.17, 15) is 14.3 Å². The maximum atomic E-state index is 13.0. The molecule has 1 aromatic heterocycles. The Labute approximate surface area is 104 Å². The molecule has 98 valence electrons. The first-order valence-corrected chi connectivity index (χ1v) is 5.84. The van der Waals surface area contributed by atoms with Crippen molar-refractivity contribution >= 4 is 5.91 Å². The summed E-state index contributed by atoms with van der Waals surface area (Å²) >= 11 is 0. The minimum atomic E-state index is -1.47. The van der Waals surface area contributed by atoms with Crippen LogP contribution >= 0.6 is 0 Å². The number of nitrogens with zero attached hydrogens (tertiary/aromatic N) is 2. The summed E-state index contributed by atoms with van der Waals surface area (Å²) in [5.74, 6) is -1.10. The SMILES string of the molecule is NC(=O)C1(O)CCCN(Cc2cncc(F)c2)C1. The minimum Gasteiger partial charge on any atom is -0.379 e. The molecule has 5 nitrogen and oxygen atoms in total. The molecule has 1 saturated heterocycles. The summed E-state index contributed by atoms with van der Waals surface area (Å²) < 4.78 is 13.0. The quantitative estimate of drug-likeness (QED) is 0.796. The summed E-state index contributed by atoms with van der Waals surface area (Å²) in [6, 6.07) is 1.39. The number of primary amides is 1. The van der Waals surface area contributed by atoms with Crippen molar-refractivity contribution in [1.82, 2.24) is 9.88 Å². The van der Waals surface area contributed by atoms with Gasteiger partial charge in [-0.25, -0.2) is 4.39 Å². The van der Waals surface area contributed by atoms with Crippen LogP contribution in [0.2, 0.25) is 0 Å². The number of aliphatic hydroxyl groups is 1. The lowest BCUT2D eigenvalue weighted by Gasteiger charge is -2.36. The van der Waals surface area contributed by atoms with Crippen LogP contribution in [0, 0.1) is 5.82 Å². The molecule has 0 bridgehead atoms. The monoisotopic (exact) mass is 253 g/mol. The van der Waals surface area contributed by atoms with Crippen molar-refractivity contribution in [3.63, 3.8) is 0 Å². The summed E-state index contributed by atoms with van der Waals surface area (Å²) in [4.78, 5) is 16.8. The van der Waals surface area contributed by atoms with E-state index >= 15 is 0 Å². The number of carbonyl (C=O) groups excluding carboxylic acids is 1. The molecule has 0 aromatic carbocycles. The number of carbonyl (C=O) groups is 1. The number of likely N-dealkylation sites (tertiary alicyclic amines) is 1. The van der Waals surface area contributed by atoms with Crippen molar-refractivity contribution in [3.8, 4) is 0 Å². The van der Waals surface area contributed by atoms with Crippen LogP contribution in [0.25, 0.3) is 0 Å². The zero-order valence-electron chi connectivity index (χ0n) is 9.97. The molecule has 0 saturated carbocycles. The first-order valence-electron chi connectivity index (χ1n) is 5.84. The van der Waals surface area contributed by atoms with Crippen molar-refractivity contribution in [2.75, 3.05) is 13.1 Å². The number of hydrogen-bond acceptors (Lipinski definition) is 4. The van der Waals surface area contributed by atoms with Gasteiger partial charge in [0.15, 0.2) is 5.60 Å². The molecule has 2 rings (SSSR count). The first-order chi connectivity index (χ1) is 8.49. The fourth-order valence-electron chi connectivity index (χ4n) is 2.26. The first kappa shape index (κ1) is 12.9. The maximum Gasteiger partial charge on any atom is 0.250 e. The third-order valence-corrected chi connectivity index (χ3v) is 3.18. The number of piperidine rings is 1. The molecule has 1 atom stereocenters. The highest BCUT2D eigenvalue weighted by Gasteiger charge is 2.38. The molecule has 1 aliphatic rings. The number of aromatic nitrogens is 1. The smallest absolute Gasteiger partial charge is 0.250 e. The van der Waals surface area contributed by atoms with Gasteiger partial charge in [-0.2, -0.15) is 0 Å². The zero-order valence-corrected chi connectivity index (χ0v) is 9.97. The van der Waals surface area contributed by atoms with Crippen LogP contribution < -0.4 is 5.73 Å². The van der Waals surface area contributed by atoms with Crippen LogP contribution in [-0.2, 0) is 11.3 Å². The van der Waals surface area contributed by atoms with E-state index < -0.39 is 17.3 Å². The van der Waals surface area contributed by atoms with Crippen LogP contribution in [-0.4, -0.2) is 39.6 Å². The minimum absolute atomic E-state index is 0.179. The standard InChI is InChI=1S/C12H16FN3O2/c13-10-4-9(5-15-6-10)7-16-3-1-2-12(18,8-16)11(14)17/h4-6,18H,1-3,7-8H2,(H2,14,17). The third-order valence-electron chi connectivity index (χ3n) is 3.18. The molecule has 0 radical (unpaired) electrons. The molecule has 1 unspecified atom stereocenters. The maximum absolute atomic E-state index is 13.0. The van der Waals surface area contributed by atoms with Crippen LogP contribution in [0.5, 0.6) is 0 Å². The Kier molecular flexibility index (Phi) is 3.58. The van der Waals surface area contributed by atoms with Crippen molar-refractivity contribution < 1.29 is 14.3 Å². The van der Waals surface area contributed by atoms with E-state index in [1.54, 1.807) is 6.20 Å². The van der Waals surface area contributed by atoms with Gasteiger partial charge in [0.2, 0.25) is 0 Å². The lowest BCUT2D eigenvalue weighted by atomic mass is 9.92. The van der Waals surface area contributed by atoms with Crippen molar-refractivity contribution in [1.29, 1.82) is 0 Å². The van der Waals surface area contributed by atoms with Crippen LogP contribution in [0.3, 0.4) is 0 Å². The largest absolute Gasteiger partial charge is 0.379 e. The fraction of sp³-hybridized carbons (Fsp3) is 0.500. The molecule has 1 fully saturated rings. The number of nitrogens with two attached hydrogens (primary N) is 1. The van der Waals surface area contributed by atoms with Crippen molar-refractivity contribution in [3.05, 3.63) is 29.8 Å². The van der Waals surface area contributed by atoms with E-state index in [0.29, 0.717) is 24.9 Å². The van der Waals surface area contributed by atoms with E-state index in [-0.39, 0.29) is 6.54 Å². The van der Waals surface area contributed by atoms with Crippen LogP contribution in [0.4, 0.5) is 4.39 Å². The number of pyridine rings is 1. The second-order valence-electron chi connectivity index (χ2n) is 4.72. The topological polar surface area (TPSA) is 79.5 Å². The second kappa shape index (κ2) is 4.99. The molecule has 2 heterocycles. The summed E-state index contributed by atoms with van der Waals surface area (Å²) in [6.07, 6.45) is 3.77. The van der Waals surface area contributed by atoms with E-state index in [4.69, 9.17) is 5.73 Å². The number of amides is 1. The molecule has 1 aromatic rings. The number of rotatable bonds is 3. The Morgan fingerprint density at radius 2 is 2.39 bits per heavy atom. The van der Waals surface area contributed by atoms with Gasteiger partial charge in [-0.1, -0.05) is 0 Å². The summed E-state index contributed by atoms with van der Waals surface area (Å²) in [6.45, 7) is 1.37. The Bertz CT molecular complexity index is 455. The van der Waals surface area contributed by atoms with Gasteiger partial charge in [-0.05, 0) is 31.0 Å². The number of β-amino-alcohol motifs (C(OH)–C–C–N with tert-alkyl or cyclic N) is 1. The van der Waals surface area contributed by atoms with Crippen LogP contribution in [0.1, 0.15) is 18.4 Å². The van der Waals surface area contributed by atoms with E-state index in [1.165, 1.54) is 6.07 Å². The molecule has 3 N–H and O–H groups in total. The Balaban J connectivity index is 2.04. The average molecular weight is 253 g/mol. The van der Waals surface area contributed by atoms with Crippen molar-refractivity contribution in [2.45, 2.75) is 25.0 Å². The predicted octanol–water partition coefficient (Wildman–Crippen LogP) is 0.0329. The fourth-order valence-corrected chi connectivity index (χ4v) is 2.26. The molecular weight excluding hydrogens is 237 g/mol. The number of hydrogen-bond donors (Lipinski definition) is 2. The molecule has 6 heteroatoms. The highest BCUT2D eigenvalue weighted by Crippen LogP contribution is 2.22. The Morgan fingerprint density at radius 3 is 3.06 bits per heavy atom. The molecule has 0 spiro atoms. The molecule has 0 aliphatic carbocycles. The van der Waals surface area contributed by atoms with Gasteiger partial charge in [0, 0.05) is 19.3 Å². The summed E-state index contributed by atoms with van der Waals surface area (Å²) in [5.41, 5.74) is 4.43. The molecule has 1 aliphatic heterocycles. The Hall–Kier alpha value is -1.53. The third kappa shape index (κ3) is 2.83. The normalized spacial score (nSPS) is 25.0. The van der Waals surface area contributed by atoms with E-state index in [2.05, 4.69) is 4.98 Å². The van der Waals surface area contributed by atoms with Gasteiger partial charge < -0.3 is 10.8 Å². The molecular formula is C12H16FN3O2. The van der Waals surface area contributed by atoms with Crippen molar-refractivity contribution in [2.24, 2.45) is 5.73 Å². The average Bonchev–Trinajstić information content (AvgIpc) is 2.29. The van der Waals surface area contributed by atoms with Gasteiger partial charge >= 0.3 is 0 Å². The number of halogens is 1. The predicted molar refractivity (Wildman–Crippen MR) is 62.9 cm³/mol. The second-order valence-corrected chi connectivity index (χ2v) is 4.72. The molecule has 18 heavy (non-hydrogen) atoms. The van der Waals surface area contributed by atoms with Gasteiger partial charge in [0.05, 0.1) is 6.20 Å². The van der Waals surface area contributed by atoms with Crippen LogP contribution in [0.15, 0.2) is 18.5 Å². The highest BCUT2D eigenvalue weighted by molar-refractivity contribution is 5.83. The van der Waals surface area contributed by atoms with Gasteiger partial charge in [-0.3, -0.25) is 14.7 Å². The van der Waals surface area contributed by atoms with Gasteiger partial charge in [0.25, 0.3) is 5.91 Å². The van der Waals surface area contributed by atoms with E-state index in [0.717, 1.165) is 12.7 Å². The summed E-state index contributed by atoms with van der Waals surface area (Å²) in [5, 5.41) is 10.0. The lowest BCUT2D eigenvalue weighted by Crippen LogP contribution is -2.55. The van der Waals surface area contributed by atoms with Gasteiger partial charge in [0.1, 0.15) is 5.82 Å².